The van der Waals surface area contributed by atoms with E-state index in [1.165, 1.54) is 5.56 Å². The van der Waals surface area contributed by atoms with E-state index in [9.17, 15) is 18.0 Å². The van der Waals surface area contributed by atoms with Crippen LogP contribution in [0.15, 0.2) is 36.5 Å². The third-order valence-corrected chi connectivity index (χ3v) is 5.02. The lowest BCUT2D eigenvalue weighted by molar-refractivity contribution is -0.192. The van der Waals surface area contributed by atoms with Crippen molar-refractivity contribution in [1.29, 1.82) is 0 Å². The minimum Gasteiger partial charge on any atom is -0.476 e. The van der Waals surface area contributed by atoms with Gasteiger partial charge in [-0.25, -0.2) is 14.7 Å². The molecule has 0 saturated heterocycles. The van der Waals surface area contributed by atoms with Crippen molar-refractivity contribution in [3.63, 3.8) is 0 Å². The molecule has 1 aliphatic rings. The first-order valence-electron chi connectivity index (χ1n) is 9.61. The maximum atomic E-state index is 11.1. The number of aromatic amines is 1. The summed E-state index contributed by atoms with van der Waals surface area (Å²) in [6, 6.07) is 10.5. The van der Waals surface area contributed by atoms with Crippen molar-refractivity contribution in [3.05, 3.63) is 47.8 Å². The molecule has 12 heteroatoms. The van der Waals surface area contributed by atoms with Gasteiger partial charge < -0.3 is 14.9 Å². The fourth-order valence-electron chi connectivity index (χ4n) is 3.46. The quantitative estimate of drug-likeness (QED) is 0.544. The minimum absolute atomic E-state index is 0.0263. The fourth-order valence-corrected chi connectivity index (χ4v) is 3.46. The molecule has 0 radical (unpaired) electrons. The van der Waals surface area contributed by atoms with E-state index in [4.69, 9.17) is 19.7 Å². The van der Waals surface area contributed by atoms with Crippen LogP contribution in [0.5, 0.6) is 5.88 Å². The summed E-state index contributed by atoms with van der Waals surface area (Å²) < 4.78 is 37.5. The standard InChI is InChI=1S/C18H18N4O3.C2HF3O2/c23-18(24)16-17(21-22-20-16)25-14-6-3-11(4-7-14)12-5-8-15-13(10-12)2-1-9-19-15;3-2(4,5)1(6)7/h1-2,5,8-11,14H,3-4,6-7H2,(H,23,24)(H,20,21,22);(H,6,7). The highest BCUT2D eigenvalue weighted by atomic mass is 19.4. The first-order chi connectivity index (χ1) is 15.1. The van der Waals surface area contributed by atoms with Gasteiger partial charge in [0, 0.05) is 11.6 Å². The van der Waals surface area contributed by atoms with Crippen LogP contribution in [0.3, 0.4) is 0 Å². The third-order valence-electron chi connectivity index (χ3n) is 5.02. The number of fused-ring (bicyclic) bond motifs is 1. The van der Waals surface area contributed by atoms with Crippen LogP contribution < -0.4 is 4.74 Å². The van der Waals surface area contributed by atoms with E-state index in [0.29, 0.717) is 5.92 Å². The summed E-state index contributed by atoms with van der Waals surface area (Å²) in [4.78, 5) is 24.3. The van der Waals surface area contributed by atoms with Gasteiger partial charge in [0.25, 0.3) is 5.88 Å². The molecule has 1 saturated carbocycles. The number of aromatic carboxylic acids is 1. The van der Waals surface area contributed by atoms with Crippen LogP contribution in [0.1, 0.15) is 47.7 Å². The number of ether oxygens (including phenoxy) is 1. The average molecular weight is 452 g/mol. The Hall–Kier alpha value is -3.70. The van der Waals surface area contributed by atoms with E-state index < -0.39 is 18.1 Å². The molecule has 1 aromatic carbocycles. The first kappa shape index (κ1) is 23.0. The number of nitrogens with zero attached hydrogens (tertiary/aromatic N) is 3. The molecule has 0 bridgehead atoms. The van der Waals surface area contributed by atoms with Crippen LogP contribution in [-0.2, 0) is 4.79 Å². The van der Waals surface area contributed by atoms with Gasteiger partial charge in [-0.1, -0.05) is 22.4 Å². The number of hydrogen-bond acceptors (Lipinski definition) is 6. The van der Waals surface area contributed by atoms with Crippen molar-refractivity contribution in [2.75, 3.05) is 0 Å². The molecule has 2 heterocycles. The van der Waals surface area contributed by atoms with Crippen molar-refractivity contribution < 1.29 is 37.7 Å². The summed E-state index contributed by atoms with van der Waals surface area (Å²) in [5.74, 6) is -3.31. The highest BCUT2D eigenvalue weighted by molar-refractivity contribution is 5.87. The molecule has 0 amide bonds. The van der Waals surface area contributed by atoms with Gasteiger partial charge in [0.05, 0.1) is 5.52 Å². The van der Waals surface area contributed by atoms with Crippen molar-refractivity contribution in [1.82, 2.24) is 20.4 Å². The number of pyridine rings is 1. The van der Waals surface area contributed by atoms with Gasteiger partial charge in [0.2, 0.25) is 5.69 Å². The topological polar surface area (TPSA) is 138 Å². The Labute approximate surface area is 179 Å². The molecule has 1 aliphatic carbocycles. The molecule has 0 unspecified atom stereocenters. The zero-order valence-corrected chi connectivity index (χ0v) is 16.5. The molecule has 1 fully saturated rings. The smallest absolute Gasteiger partial charge is 0.476 e. The highest BCUT2D eigenvalue weighted by Gasteiger charge is 2.38. The lowest BCUT2D eigenvalue weighted by Crippen LogP contribution is -2.24. The fraction of sp³-hybridized carbons (Fsp3) is 0.350. The number of rotatable bonds is 4. The van der Waals surface area contributed by atoms with E-state index in [1.807, 2.05) is 6.07 Å². The summed E-state index contributed by atoms with van der Waals surface area (Å²) >= 11 is 0. The summed E-state index contributed by atoms with van der Waals surface area (Å²) in [7, 11) is 0. The molecule has 0 atom stereocenters. The van der Waals surface area contributed by atoms with E-state index in [0.717, 1.165) is 36.6 Å². The number of hydrogen-bond donors (Lipinski definition) is 3. The van der Waals surface area contributed by atoms with Gasteiger partial charge in [0.1, 0.15) is 6.10 Å². The van der Waals surface area contributed by atoms with Gasteiger partial charge in [-0.3, -0.25) is 4.98 Å². The first-order valence-corrected chi connectivity index (χ1v) is 9.61. The lowest BCUT2D eigenvalue weighted by Gasteiger charge is -2.28. The van der Waals surface area contributed by atoms with Crippen LogP contribution in [0, 0.1) is 0 Å². The number of halogens is 3. The Bertz CT molecular complexity index is 1090. The summed E-state index contributed by atoms with van der Waals surface area (Å²) in [6.45, 7) is 0. The number of aliphatic carboxylic acids is 1. The van der Waals surface area contributed by atoms with E-state index in [2.05, 4.69) is 44.7 Å². The van der Waals surface area contributed by atoms with Gasteiger partial charge in [-0.05, 0) is 55.4 Å². The van der Waals surface area contributed by atoms with Crippen molar-refractivity contribution >= 4 is 22.8 Å². The SMILES string of the molecule is O=C(O)C(F)(F)F.O=C(O)c1[nH]nnc1OC1CCC(c2ccc3ncccc3c2)CC1. The predicted octanol–water partition coefficient (Wildman–Crippen LogP) is 3.79. The maximum Gasteiger partial charge on any atom is 0.490 e. The summed E-state index contributed by atoms with van der Waals surface area (Å²) in [6.07, 6.45) is 0.415. The molecule has 3 aromatic rings. The second-order valence-corrected chi connectivity index (χ2v) is 7.15. The maximum absolute atomic E-state index is 11.1. The molecular formula is C20H19F3N4O5. The number of carboxylic acids is 2. The molecule has 2 aromatic heterocycles. The van der Waals surface area contributed by atoms with Gasteiger partial charge in [-0.2, -0.15) is 13.2 Å². The van der Waals surface area contributed by atoms with Crippen molar-refractivity contribution in [2.24, 2.45) is 0 Å². The molecule has 9 nitrogen and oxygen atoms in total. The molecular weight excluding hydrogens is 433 g/mol. The Morgan fingerprint density at radius 1 is 1.09 bits per heavy atom. The Balaban J connectivity index is 0.000000360. The van der Waals surface area contributed by atoms with Gasteiger partial charge in [-0.15, -0.1) is 0 Å². The zero-order chi connectivity index (χ0) is 23.3. The van der Waals surface area contributed by atoms with Crippen LogP contribution in [0.2, 0.25) is 0 Å². The molecule has 3 N–H and O–H groups in total. The van der Waals surface area contributed by atoms with Crippen LogP contribution in [0.25, 0.3) is 10.9 Å². The number of benzene rings is 1. The monoisotopic (exact) mass is 452 g/mol. The molecule has 4 rings (SSSR count). The number of carbonyl (C=O) groups is 2. The van der Waals surface area contributed by atoms with E-state index >= 15 is 0 Å². The molecule has 170 valence electrons. The average Bonchev–Trinajstić information content (AvgIpc) is 3.22. The third kappa shape index (κ3) is 5.71. The normalized spacial score (nSPS) is 18.5. The van der Waals surface area contributed by atoms with Crippen LogP contribution in [0.4, 0.5) is 13.2 Å². The Kier molecular flexibility index (Phi) is 6.91. The number of H-pyrrole nitrogens is 1. The second kappa shape index (κ2) is 9.62. The lowest BCUT2D eigenvalue weighted by atomic mass is 9.82. The van der Waals surface area contributed by atoms with Gasteiger partial charge in [0.15, 0.2) is 0 Å². The Morgan fingerprint density at radius 2 is 1.78 bits per heavy atom. The minimum atomic E-state index is -5.08. The second-order valence-electron chi connectivity index (χ2n) is 7.15. The molecule has 0 spiro atoms. The zero-order valence-electron chi connectivity index (χ0n) is 16.5. The summed E-state index contributed by atoms with van der Waals surface area (Å²) in [5.41, 5.74) is 2.24. The Morgan fingerprint density at radius 3 is 2.41 bits per heavy atom. The number of alkyl halides is 3. The predicted molar refractivity (Wildman–Crippen MR) is 104 cm³/mol. The van der Waals surface area contributed by atoms with Gasteiger partial charge >= 0.3 is 18.1 Å². The highest BCUT2D eigenvalue weighted by Crippen LogP contribution is 2.35. The summed E-state index contributed by atoms with van der Waals surface area (Å²) in [5, 5.41) is 26.9. The largest absolute Gasteiger partial charge is 0.490 e. The van der Waals surface area contributed by atoms with Crippen molar-refractivity contribution in [3.8, 4) is 5.88 Å². The van der Waals surface area contributed by atoms with Crippen molar-refractivity contribution in [2.45, 2.75) is 43.9 Å². The van der Waals surface area contributed by atoms with Crippen LogP contribution in [-0.4, -0.2) is 54.8 Å². The number of carboxylic acid groups (broad SMARTS) is 2. The number of nitrogens with one attached hydrogen (secondary N) is 1. The van der Waals surface area contributed by atoms with E-state index in [1.54, 1.807) is 6.20 Å². The van der Waals surface area contributed by atoms with E-state index in [-0.39, 0.29) is 17.7 Å². The number of aromatic nitrogens is 4. The molecule has 32 heavy (non-hydrogen) atoms. The molecule has 0 aliphatic heterocycles. The van der Waals surface area contributed by atoms with Crippen LogP contribution >= 0.6 is 0 Å².